The number of hydrogen-bond acceptors (Lipinski definition) is 34. The lowest BCUT2D eigenvalue weighted by Crippen LogP contribution is -2.17. The number of nitrogens with zero attached hydrogens (tertiary/aromatic N) is 3. The molecule has 37 nitrogen and oxygen atoms in total. The summed E-state index contributed by atoms with van der Waals surface area (Å²) < 4.78 is 5.37. The summed E-state index contributed by atoms with van der Waals surface area (Å²) in [7, 11) is 3.13. The molecule has 0 aliphatic rings. The first kappa shape index (κ1) is 110. The van der Waals surface area contributed by atoms with Gasteiger partial charge in [-0.3, -0.25) is 180 Å². The molecule has 1 aromatic carbocycles. The number of benzene rings is 1. The van der Waals surface area contributed by atoms with E-state index in [4.69, 9.17) is 10.3 Å². The number of hydrazine groups is 15. The average Bonchev–Trinajstić information content (AvgIpc) is 3.33. The van der Waals surface area contributed by atoms with Crippen molar-refractivity contribution in [3.8, 4) is 5.75 Å². The molecule has 0 fully saturated rings. The number of rotatable bonds is 7. The molecular weight excluding hydrogens is 702 g/mol. The van der Waals surface area contributed by atoms with Gasteiger partial charge in [0.15, 0.2) is 0 Å². The van der Waals surface area contributed by atoms with Crippen molar-refractivity contribution in [1.29, 1.82) is 0 Å². The van der Waals surface area contributed by atoms with E-state index in [2.05, 4.69) is 196 Å². The number of hydrogen-bond donors (Lipinski definition) is 32. The van der Waals surface area contributed by atoms with E-state index < -0.39 is 0 Å². The number of azide groups is 1. The smallest absolute Gasteiger partial charge is 0.220 e. The Morgan fingerprint density at radius 2 is 0.827 bits per heavy atom. The highest BCUT2D eigenvalue weighted by Crippen LogP contribution is 2.13. The van der Waals surface area contributed by atoms with Crippen molar-refractivity contribution in [1.82, 2.24) is 5.32 Å². The van der Waals surface area contributed by atoms with Gasteiger partial charge in [-0.2, -0.15) is 0 Å². The lowest BCUT2D eigenvalue weighted by molar-refractivity contribution is -0.120. The largest absolute Gasteiger partial charge is 0.493 e. The first-order valence-electron chi connectivity index (χ1n) is 12.3. The molecule has 0 saturated carbocycles. The van der Waals surface area contributed by atoms with E-state index in [-0.39, 0.29) is 5.91 Å². The van der Waals surface area contributed by atoms with E-state index in [0.717, 1.165) is 11.3 Å². The topological polar surface area (TPSA) is 894 Å². The number of nitrogens with two attached hydrogens (primary N) is 31. The van der Waals surface area contributed by atoms with Crippen molar-refractivity contribution in [3.63, 3.8) is 0 Å². The van der Waals surface area contributed by atoms with Gasteiger partial charge in [0.2, 0.25) is 5.91 Å². The summed E-state index contributed by atoms with van der Waals surface area (Å²) in [5, 5.41) is 5.96. The van der Waals surface area contributed by atoms with Crippen LogP contribution in [-0.4, -0.2) is 33.2 Å². The summed E-state index contributed by atoms with van der Waals surface area (Å²) in [6.07, 6.45) is 1.19. The van der Waals surface area contributed by atoms with Crippen molar-refractivity contribution in [3.05, 3.63) is 40.3 Å². The highest BCUT2D eigenvalue weighted by atomic mass is 16.5. The van der Waals surface area contributed by atoms with Crippen molar-refractivity contribution in [2.24, 2.45) is 186 Å². The Morgan fingerprint density at radius 3 is 1.04 bits per heavy atom. The summed E-state index contributed by atoms with van der Waals surface area (Å²) in [6, 6.07) is 7.53. The van der Waals surface area contributed by atoms with Gasteiger partial charge in [-0.15, -0.1) is 0 Å². The third-order valence-electron chi connectivity index (χ3n) is 2.37. The van der Waals surface area contributed by atoms with Gasteiger partial charge in [0.1, 0.15) is 5.75 Å². The third kappa shape index (κ3) is 253. The van der Waals surface area contributed by atoms with E-state index in [9.17, 15) is 4.79 Å². The minimum atomic E-state index is 0.0321. The molecule has 0 aromatic heterocycles. The lowest BCUT2D eigenvalue weighted by Gasteiger charge is -2.05. The number of carbonyl (C=O) groups is 1. The Labute approximate surface area is 307 Å². The minimum absolute atomic E-state index is 0.0321. The van der Waals surface area contributed by atoms with Crippen LogP contribution in [0.25, 0.3) is 10.4 Å². The first-order valence-corrected chi connectivity index (χ1v) is 12.3. The normalized spacial score (nSPS) is 5.21. The summed E-state index contributed by atoms with van der Waals surface area (Å²) in [6.45, 7) is 4.68. The molecule has 0 aliphatic carbocycles. The molecule has 0 radical (unpaired) electrons. The summed E-state index contributed by atoms with van der Waals surface area (Å²) >= 11 is 0. The monoisotopic (exact) mass is 790 g/mol. The number of carbonyl (C=O) groups excluding carboxylic acids is 1. The lowest BCUT2D eigenvalue weighted by atomic mass is 10.1. The zero-order valence-corrected chi connectivity index (χ0v) is 31.2. The standard InChI is InChI=1S/C12H16N4O2.C2H6.CH5N.15H4N2/c1-14-12(17)7-4-10-2-5-11(6-3-10)18-9-8-15-16-13;17*1-2/h2-3,5-6H,4,7-9H2,1H3,(H,14,17);1-2H3;2H2,1H3;15*1-2H2. The Balaban J connectivity index is -0.0000000203. The summed E-state index contributed by atoms with van der Waals surface area (Å²) in [4.78, 5) is 13.7. The number of ether oxygens (including phenoxy) is 1. The van der Waals surface area contributed by atoms with Crippen LogP contribution in [-0.2, 0) is 11.2 Å². The van der Waals surface area contributed by atoms with Gasteiger partial charge in [-0.25, -0.2) is 0 Å². The van der Waals surface area contributed by atoms with Crippen molar-refractivity contribution in [2.45, 2.75) is 26.7 Å². The van der Waals surface area contributed by atoms with Crippen molar-refractivity contribution < 1.29 is 9.53 Å². The van der Waals surface area contributed by atoms with Crippen LogP contribution >= 0.6 is 0 Å². The highest BCUT2D eigenvalue weighted by molar-refractivity contribution is 5.75. The van der Waals surface area contributed by atoms with E-state index in [0.29, 0.717) is 26.0 Å². The molecule has 0 spiro atoms. The van der Waals surface area contributed by atoms with Crippen LogP contribution in [0, 0.1) is 0 Å². The number of nitrogens with one attached hydrogen (secondary N) is 1. The van der Waals surface area contributed by atoms with Gasteiger partial charge in [-0.05, 0) is 36.7 Å². The summed E-state index contributed by atoms with van der Waals surface area (Å²) in [5.74, 6) is 121. The van der Waals surface area contributed by atoms with Crippen LogP contribution in [0.4, 0.5) is 0 Å². The second-order valence-electron chi connectivity index (χ2n) is 3.62. The molecule has 0 bridgehead atoms. The Hall–Kier alpha value is -3.44. The molecule has 52 heavy (non-hydrogen) atoms. The predicted molar refractivity (Wildman–Crippen MR) is 215 cm³/mol. The number of amides is 1. The van der Waals surface area contributed by atoms with Crippen molar-refractivity contribution >= 4 is 5.91 Å². The molecule has 37 heteroatoms. The third-order valence-corrected chi connectivity index (χ3v) is 2.37. The maximum atomic E-state index is 11.1. The van der Waals surface area contributed by atoms with Crippen LogP contribution in [0.2, 0.25) is 0 Å². The van der Waals surface area contributed by atoms with E-state index in [1.54, 1.807) is 7.05 Å². The second-order valence-corrected chi connectivity index (χ2v) is 3.62. The fraction of sp³-hybridized carbons (Fsp3) is 0.533. The molecule has 334 valence electrons. The van der Waals surface area contributed by atoms with Gasteiger partial charge in [0.05, 0.1) is 13.2 Å². The maximum Gasteiger partial charge on any atom is 0.220 e. The molecule has 63 N–H and O–H groups in total. The Bertz CT molecular complexity index is 458. The molecule has 0 aliphatic heterocycles. The Morgan fingerprint density at radius 1 is 0.577 bits per heavy atom. The van der Waals surface area contributed by atoms with Crippen LogP contribution in [0.15, 0.2) is 29.4 Å². The van der Waals surface area contributed by atoms with Crippen LogP contribution in [0.3, 0.4) is 0 Å². The molecule has 1 aromatic rings. The SMILES string of the molecule is CC.CN.CNC(=O)CCc1ccc(OCCN=[N+]=[N-])cc1.NN.NN.NN.NN.NN.NN.NN.NN.NN.NN.NN.NN.NN.NN.NN. The van der Waals surface area contributed by atoms with Gasteiger partial charge in [-0.1, -0.05) is 31.1 Å². The van der Waals surface area contributed by atoms with E-state index >= 15 is 0 Å². The predicted octanol–water partition coefficient (Wildman–Crippen LogP) is -15.1. The first-order chi connectivity index (χ1) is 25.8. The van der Waals surface area contributed by atoms with Crippen LogP contribution in [0.5, 0.6) is 5.75 Å². The molecule has 0 unspecified atom stereocenters. The zero-order valence-electron chi connectivity index (χ0n) is 31.2. The average molecular weight is 790 g/mol. The fourth-order valence-corrected chi connectivity index (χ4v) is 1.38. The van der Waals surface area contributed by atoms with E-state index in [1.807, 2.05) is 38.1 Å². The molecule has 0 heterocycles. The second kappa shape index (κ2) is 334. The molecule has 0 saturated heterocycles. The van der Waals surface area contributed by atoms with Gasteiger partial charge >= 0.3 is 0 Å². The zero-order chi connectivity index (χ0) is 47.2. The van der Waals surface area contributed by atoms with Gasteiger partial charge in [0, 0.05) is 18.4 Å². The molecule has 1 amide bonds. The van der Waals surface area contributed by atoms with E-state index in [1.165, 1.54) is 7.05 Å². The quantitative estimate of drug-likeness (QED) is 0.0304. The fourth-order valence-electron chi connectivity index (χ4n) is 1.38. The molecule has 1 rings (SSSR count). The minimum Gasteiger partial charge on any atom is -0.493 e. The van der Waals surface area contributed by atoms with Crippen molar-refractivity contribution in [2.75, 3.05) is 27.2 Å². The maximum absolute atomic E-state index is 11.1. The number of aryl methyl sites for hydroxylation is 1. The Kier molecular flexibility index (Phi) is 709. The van der Waals surface area contributed by atoms with Crippen LogP contribution < -0.4 is 191 Å². The van der Waals surface area contributed by atoms with Crippen LogP contribution in [0.1, 0.15) is 25.8 Å². The molecule has 0 atom stereocenters. The van der Waals surface area contributed by atoms with Gasteiger partial charge < -0.3 is 15.8 Å². The van der Waals surface area contributed by atoms with Gasteiger partial charge in [0.25, 0.3) is 0 Å². The molecular formula is C15H87N35O2. The highest BCUT2D eigenvalue weighted by Gasteiger charge is 2.00. The summed E-state index contributed by atoms with van der Waals surface area (Å²) in [5.41, 5.74) is 13.7.